The number of nitrogens with one attached hydrogen (secondary N) is 1. The van der Waals surface area contributed by atoms with E-state index in [1.54, 1.807) is 13.0 Å². The molecule has 0 saturated heterocycles. The van der Waals surface area contributed by atoms with Crippen LogP contribution >= 0.6 is 12.4 Å². The Labute approximate surface area is 79.6 Å². The van der Waals surface area contributed by atoms with Gasteiger partial charge in [-0.15, -0.1) is 19.0 Å². The fourth-order valence-corrected chi connectivity index (χ4v) is 0.607. The van der Waals surface area contributed by atoms with Crippen LogP contribution in [0.15, 0.2) is 12.7 Å². The number of esters is 1. The van der Waals surface area contributed by atoms with E-state index in [0.29, 0.717) is 13.2 Å². The van der Waals surface area contributed by atoms with Crippen molar-refractivity contribution in [1.82, 2.24) is 5.32 Å². The fraction of sp³-hybridized carbons (Fsp3) is 0.625. The van der Waals surface area contributed by atoms with E-state index in [1.807, 2.05) is 0 Å². The third-order valence-electron chi connectivity index (χ3n) is 1.10. The zero-order valence-corrected chi connectivity index (χ0v) is 8.15. The molecular weight excluding hydrogens is 178 g/mol. The van der Waals surface area contributed by atoms with Crippen LogP contribution < -0.4 is 5.32 Å². The van der Waals surface area contributed by atoms with Crippen LogP contribution in [0.25, 0.3) is 0 Å². The van der Waals surface area contributed by atoms with Gasteiger partial charge in [-0.05, 0) is 19.9 Å². The standard InChI is InChI=1S/C8H15NO2.ClH/c1-3-5-6-9-7-8(10)11-4-2;/h3,9H,1,4-7H2,2H3;1H. The molecular formula is C8H16ClNO2. The molecule has 0 radical (unpaired) electrons. The fourth-order valence-electron chi connectivity index (χ4n) is 0.607. The highest BCUT2D eigenvalue weighted by Gasteiger charge is 1.97. The molecule has 0 aromatic carbocycles. The van der Waals surface area contributed by atoms with Gasteiger partial charge in [0.05, 0.1) is 13.2 Å². The number of halogens is 1. The van der Waals surface area contributed by atoms with Crippen molar-refractivity contribution in [1.29, 1.82) is 0 Å². The van der Waals surface area contributed by atoms with E-state index >= 15 is 0 Å². The number of rotatable bonds is 6. The molecule has 0 rings (SSSR count). The first kappa shape index (κ1) is 14.0. The van der Waals surface area contributed by atoms with Crippen molar-refractivity contribution in [2.45, 2.75) is 13.3 Å². The highest BCUT2D eigenvalue weighted by Crippen LogP contribution is 1.77. The summed E-state index contributed by atoms with van der Waals surface area (Å²) in [6, 6.07) is 0. The maximum Gasteiger partial charge on any atom is 0.319 e. The summed E-state index contributed by atoms with van der Waals surface area (Å²) in [5.74, 6) is -0.198. The zero-order valence-electron chi connectivity index (χ0n) is 7.34. The van der Waals surface area contributed by atoms with Gasteiger partial charge in [-0.3, -0.25) is 4.79 Å². The van der Waals surface area contributed by atoms with Gasteiger partial charge in [0.2, 0.25) is 0 Å². The Hall–Kier alpha value is -0.540. The van der Waals surface area contributed by atoms with E-state index in [-0.39, 0.29) is 18.4 Å². The molecule has 0 spiro atoms. The van der Waals surface area contributed by atoms with Gasteiger partial charge in [0, 0.05) is 0 Å². The van der Waals surface area contributed by atoms with Crippen LogP contribution in [0, 0.1) is 0 Å². The molecule has 72 valence electrons. The molecule has 0 aromatic heterocycles. The van der Waals surface area contributed by atoms with Crippen LogP contribution in [-0.2, 0) is 9.53 Å². The minimum atomic E-state index is -0.198. The van der Waals surface area contributed by atoms with Crippen LogP contribution in [0.1, 0.15) is 13.3 Å². The van der Waals surface area contributed by atoms with E-state index < -0.39 is 0 Å². The summed E-state index contributed by atoms with van der Waals surface area (Å²) in [7, 11) is 0. The minimum Gasteiger partial charge on any atom is -0.465 e. The number of ether oxygens (including phenoxy) is 1. The Morgan fingerprint density at radius 3 is 2.83 bits per heavy atom. The van der Waals surface area contributed by atoms with E-state index in [4.69, 9.17) is 4.74 Å². The monoisotopic (exact) mass is 193 g/mol. The highest BCUT2D eigenvalue weighted by atomic mass is 35.5. The molecule has 0 aliphatic heterocycles. The van der Waals surface area contributed by atoms with Gasteiger partial charge in [-0.25, -0.2) is 0 Å². The number of carbonyl (C=O) groups is 1. The predicted octanol–water partition coefficient (Wildman–Crippen LogP) is 1.14. The Balaban J connectivity index is 0. The molecule has 0 atom stereocenters. The molecule has 3 nitrogen and oxygen atoms in total. The smallest absolute Gasteiger partial charge is 0.319 e. The molecule has 0 heterocycles. The van der Waals surface area contributed by atoms with E-state index in [1.165, 1.54) is 0 Å². The van der Waals surface area contributed by atoms with Crippen LogP contribution in [0.3, 0.4) is 0 Å². The lowest BCUT2D eigenvalue weighted by atomic mass is 10.4. The van der Waals surface area contributed by atoms with Crippen LogP contribution in [-0.4, -0.2) is 25.7 Å². The van der Waals surface area contributed by atoms with E-state index in [9.17, 15) is 4.79 Å². The number of hydrogen-bond acceptors (Lipinski definition) is 3. The summed E-state index contributed by atoms with van der Waals surface area (Å²) < 4.78 is 4.69. The van der Waals surface area contributed by atoms with Gasteiger partial charge in [-0.1, -0.05) is 6.08 Å². The van der Waals surface area contributed by atoms with Crippen LogP contribution in [0.4, 0.5) is 0 Å². The van der Waals surface area contributed by atoms with Crippen molar-refractivity contribution in [3.8, 4) is 0 Å². The molecule has 4 heteroatoms. The molecule has 0 aliphatic rings. The lowest BCUT2D eigenvalue weighted by Crippen LogP contribution is -2.25. The first-order valence-corrected chi connectivity index (χ1v) is 3.78. The summed E-state index contributed by atoms with van der Waals surface area (Å²) in [6.07, 6.45) is 2.68. The molecule has 0 aromatic rings. The second-order valence-corrected chi connectivity index (χ2v) is 2.06. The summed E-state index contributed by atoms with van der Waals surface area (Å²) in [5, 5.41) is 2.93. The van der Waals surface area contributed by atoms with Crippen molar-refractivity contribution >= 4 is 18.4 Å². The molecule has 12 heavy (non-hydrogen) atoms. The van der Waals surface area contributed by atoms with E-state index in [0.717, 1.165) is 13.0 Å². The quantitative estimate of drug-likeness (QED) is 0.391. The van der Waals surface area contributed by atoms with Crippen LogP contribution in [0.2, 0.25) is 0 Å². The van der Waals surface area contributed by atoms with Gasteiger partial charge >= 0.3 is 5.97 Å². The predicted molar refractivity (Wildman–Crippen MR) is 51.6 cm³/mol. The Morgan fingerprint density at radius 2 is 2.33 bits per heavy atom. The van der Waals surface area contributed by atoms with Gasteiger partial charge < -0.3 is 10.1 Å². The van der Waals surface area contributed by atoms with Gasteiger partial charge in [0.25, 0.3) is 0 Å². The summed E-state index contributed by atoms with van der Waals surface area (Å²) in [6.45, 7) is 6.87. The van der Waals surface area contributed by atoms with Crippen molar-refractivity contribution in [3.05, 3.63) is 12.7 Å². The maximum absolute atomic E-state index is 10.7. The van der Waals surface area contributed by atoms with Crippen molar-refractivity contribution < 1.29 is 9.53 Å². The second-order valence-electron chi connectivity index (χ2n) is 2.06. The molecule has 0 amide bonds. The molecule has 1 N–H and O–H groups in total. The van der Waals surface area contributed by atoms with Gasteiger partial charge in [0.15, 0.2) is 0 Å². The minimum absolute atomic E-state index is 0. The van der Waals surface area contributed by atoms with Crippen molar-refractivity contribution in [2.24, 2.45) is 0 Å². The third kappa shape index (κ3) is 9.46. The normalized spacial score (nSPS) is 8.42. The number of carbonyl (C=O) groups excluding carboxylic acids is 1. The van der Waals surface area contributed by atoms with E-state index in [2.05, 4.69) is 11.9 Å². The first-order chi connectivity index (χ1) is 5.31. The summed E-state index contributed by atoms with van der Waals surface area (Å²) in [5.41, 5.74) is 0. The largest absolute Gasteiger partial charge is 0.465 e. The van der Waals surface area contributed by atoms with Crippen molar-refractivity contribution in [2.75, 3.05) is 19.7 Å². The number of hydrogen-bond donors (Lipinski definition) is 1. The third-order valence-corrected chi connectivity index (χ3v) is 1.10. The topological polar surface area (TPSA) is 38.3 Å². The second kappa shape index (κ2) is 10.5. The molecule has 0 saturated carbocycles. The molecule has 0 aliphatic carbocycles. The average molecular weight is 194 g/mol. The zero-order chi connectivity index (χ0) is 8.53. The van der Waals surface area contributed by atoms with Gasteiger partial charge in [0.1, 0.15) is 0 Å². The lowest BCUT2D eigenvalue weighted by Gasteiger charge is -2.01. The van der Waals surface area contributed by atoms with Crippen molar-refractivity contribution in [3.63, 3.8) is 0 Å². The molecule has 0 fully saturated rings. The lowest BCUT2D eigenvalue weighted by molar-refractivity contribution is -0.141. The molecule has 0 bridgehead atoms. The molecule has 0 unspecified atom stereocenters. The van der Waals surface area contributed by atoms with Crippen LogP contribution in [0.5, 0.6) is 0 Å². The SMILES string of the molecule is C=CCCNCC(=O)OCC.Cl. The Morgan fingerprint density at radius 1 is 1.67 bits per heavy atom. The highest BCUT2D eigenvalue weighted by molar-refractivity contribution is 5.85. The summed E-state index contributed by atoms with van der Waals surface area (Å²) >= 11 is 0. The summed E-state index contributed by atoms with van der Waals surface area (Å²) in [4.78, 5) is 10.7. The van der Waals surface area contributed by atoms with Gasteiger partial charge in [-0.2, -0.15) is 0 Å². The first-order valence-electron chi connectivity index (χ1n) is 3.78. The average Bonchev–Trinajstić information content (AvgIpc) is 1.99. The Bertz CT molecular complexity index is 128. The maximum atomic E-state index is 10.7. The Kier molecular flexibility index (Phi) is 12.2.